The van der Waals surface area contributed by atoms with E-state index in [9.17, 15) is 4.79 Å². The van der Waals surface area contributed by atoms with Gasteiger partial charge in [0.2, 0.25) is 5.95 Å². The maximum Gasteiger partial charge on any atom is 0.256 e. The molecule has 0 fully saturated rings. The highest BCUT2D eigenvalue weighted by Gasteiger charge is 2.27. The molecule has 7 heteroatoms. The Morgan fingerprint density at radius 1 is 1.40 bits per heavy atom. The molecule has 20 heavy (non-hydrogen) atoms. The Balaban J connectivity index is 1.89. The molecular formula is C13H10BrClN4O. The van der Waals surface area contributed by atoms with Crippen molar-refractivity contribution < 1.29 is 4.79 Å². The molecule has 0 radical (unpaired) electrons. The smallest absolute Gasteiger partial charge is 0.256 e. The number of hydrogen-bond donors (Lipinski definition) is 1. The van der Waals surface area contributed by atoms with Gasteiger partial charge in [-0.1, -0.05) is 27.5 Å². The molecule has 2 aromatic rings. The van der Waals surface area contributed by atoms with Crippen LogP contribution in [0.3, 0.4) is 0 Å². The lowest BCUT2D eigenvalue weighted by atomic mass is 10.2. The first-order valence-electron chi connectivity index (χ1n) is 5.89. The fraction of sp³-hybridized carbons (Fsp3) is 0.154. The summed E-state index contributed by atoms with van der Waals surface area (Å²) < 4.78 is 0.811. The maximum absolute atomic E-state index is 12.5. The lowest BCUT2D eigenvalue weighted by molar-refractivity contribution is 0.0750. The molecule has 0 saturated carbocycles. The molecule has 5 nitrogen and oxygen atoms in total. The van der Waals surface area contributed by atoms with Gasteiger partial charge in [-0.15, -0.1) is 0 Å². The van der Waals surface area contributed by atoms with E-state index in [2.05, 4.69) is 25.9 Å². The minimum Gasteiger partial charge on any atom is -0.368 e. The molecule has 0 saturated heterocycles. The molecule has 3 rings (SSSR count). The van der Waals surface area contributed by atoms with Crippen molar-refractivity contribution >= 4 is 39.4 Å². The zero-order chi connectivity index (χ0) is 14.3. The van der Waals surface area contributed by atoms with Crippen LogP contribution in [0.1, 0.15) is 21.6 Å². The number of carbonyl (C=O) groups excluding carboxylic acids is 1. The van der Waals surface area contributed by atoms with Crippen molar-refractivity contribution in [2.75, 3.05) is 5.73 Å². The van der Waals surface area contributed by atoms with Gasteiger partial charge in [0.05, 0.1) is 22.8 Å². The van der Waals surface area contributed by atoms with Crippen molar-refractivity contribution in [2.24, 2.45) is 0 Å². The molecule has 0 aliphatic carbocycles. The van der Waals surface area contributed by atoms with Gasteiger partial charge in [0.1, 0.15) is 0 Å². The van der Waals surface area contributed by atoms with Crippen LogP contribution in [-0.2, 0) is 13.1 Å². The van der Waals surface area contributed by atoms with E-state index in [1.165, 1.54) is 0 Å². The van der Waals surface area contributed by atoms with Gasteiger partial charge in [0.25, 0.3) is 5.91 Å². The first-order chi connectivity index (χ1) is 9.54. The Hall–Kier alpha value is -1.66. The van der Waals surface area contributed by atoms with Crippen LogP contribution in [-0.4, -0.2) is 20.8 Å². The molecule has 0 unspecified atom stereocenters. The van der Waals surface area contributed by atoms with E-state index in [1.807, 2.05) is 0 Å². The van der Waals surface area contributed by atoms with Crippen LogP contribution in [0.15, 0.2) is 28.9 Å². The van der Waals surface area contributed by atoms with Crippen molar-refractivity contribution in [3.05, 3.63) is 50.7 Å². The van der Waals surface area contributed by atoms with Gasteiger partial charge < -0.3 is 10.6 Å². The topological polar surface area (TPSA) is 72.1 Å². The number of nitrogens with zero attached hydrogens (tertiary/aromatic N) is 3. The first kappa shape index (κ1) is 13.3. The number of nitrogen functional groups attached to an aromatic ring is 1. The lowest BCUT2D eigenvalue weighted by Crippen LogP contribution is -2.25. The predicted octanol–water partition coefficient (Wildman–Crippen LogP) is 2.63. The lowest BCUT2D eigenvalue weighted by Gasteiger charge is -2.16. The number of fused-ring (bicyclic) bond motifs is 1. The highest BCUT2D eigenvalue weighted by molar-refractivity contribution is 9.10. The van der Waals surface area contributed by atoms with Gasteiger partial charge in [-0.05, 0) is 18.2 Å². The van der Waals surface area contributed by atoms with E-state index in [1.54, 1.807) is 29.3 Å². The third kappa shape index (κ3) is 2.36. The number of hydrogen-bond acceptors (Lipinski definition) is 4. The number of carbonyl (C=O) groups is 1. The monoisotopic (exact) mass is 352 g/mol. The van der Waals surface area contributed by atoms with Crippen molar-refractivity contribution in [1.82, 2.24) is 14.9 Å². The van der Waals surface area contributed by atoms with E-state index >= 15 is 0 Å². The Bertz CT molecular complexity index is 707. The van der Waals surface area contributed by atoms with E-state index in [-0.39, 0.29) is 11.9 Å². The maximum atomic E-state index is 12.5. The summed E-state index contributed by atoms with van der Waals surface area (Å²) in [6.45, 7) is 0.890. The largest absolute Gasteiger partial charge is 0.368 e. The fourth-order valence-electron chi connectivity index (χ4n) is 2.14. The molecule has 0 spiro atoms. The molecule has 1 amide bonds. The molecule has 1 aromatic heterocycles. The zero-order valence-corrected chi connectivity index (χ0v) is 12.6. The normalized spacial score (nSPS) is 13.4. The summed E-state index contributed by atoms with van der Waals surface area (Å²) in [6.07, 6.45) is 1.66. The van der Waals surface area contributed by atoms with Gasteiger partial charge in [0, 0.05) is 22.8 Å². The molecule has 1 aromatic carbocycles. The van der Waals surface area contributed by atoms with Crippen molar-refractivity contribution in [3.63, 3.8) is 0 Å². The average molecular weight is 354 g/mol. The van der Waals surface area contributed by atoms with Gasteiger partial charge in [-0.2, -0.15) is 0 Å². The van der Waals surface area contributed by atoms with E-state index < -0.39 is 0 Å². The van der Waals surface area contributed by atoms with Crippen LogP contribution < -0.4 is 5.73 Å². The van der Waals surface area contributed by atoms with Crippen molar-refractivity contribution in [2.45, 2.75) is 13.1 Å². The van der Waals surface area contributed by atoms with Crippen LogP contribution in [0, 0.1) is 0 Å². The number of anilines is 1. The molecule has 1 aliphatic rings. The number of halogens is 2. The minimum absolute atomic E-state index is 0.132. The summed E-state index contributed by atoms with van der Waals surface area (Å²) in [5.41, 5.74) is 7.73. The standard InChI is InChI=1S/C13H10BrClN4O/c14-8-1-2-10(15)9(3-8)12(20)19-5-7-4-17-13(16)18-11(7)6-19/h1-4H,5-6H2,(H2,16,17,18). The highest BCUT2D eigenvalue weighted by Crippen LogP contribution is 2.27. The predicted molar refractivity (Wildman–Crippen MR) is 79.2 cm³/mol. The number of nitrogens with two attached hydrogens (primary N) is 1. The quantitative estimate of drug-likeness (QED) is 0.855. The van der Waals surface area contributed by atoms with Crippen molar-refractivity contribution in [3.8, 4) is 0 Å². The van der Waals surface area contributed by atoms with Crippen LogP contribution in [0.5, 0.6) is 0 Å². The van der Waals surface area contributed by atoms with Gasteiger partial charge in [-0.3, -0.25) is 4.79 Å². The number of aromatic nitrogens is 2. The molecule has 102 valence electrons. The summed E-state index contributed by atoms with van der Waals surface area (Å²) in [6, 6.07) is 5.21. The number of benzene rings is 1. The molecule has 2 heterocycles. The third-order valence-corrected chi connectivity index (χ3v) is 3.94. The molecule has 0 bridgehead atoms. The third-order valence-electron chi connectivity index (χ3n) is 3.12. The summed E-state index contributed by atoms with van der Waals surface area (Å²) in [5.74, 6) is 0.0893. The Labute approximate surface area is 128 Å². The fourth-order valence-corrected chi connectivity index (χ4v) is 2.70. The minimum atomic E-state index is -0.132. The average Bonchev–Trinajstić information content (AvgIpc) is 2.83. The number of amides is 1. The second-order valence-electron chi connectivity index (χ2n) is 4.49. The van der Waals surface area contributed by atoms with E-state index in [0.29, 0.717) is 23.7 Å². The zero-order valence-electron chi connectivity index (χ0n) is 10.3. The summed E-state index contributed by atoms with van der Waals surface area (Å²) >= 11 is 9.43. The molecular weight excluding hydrogens is 344 g/mol. The van der Waals surface area contributed by atoms with Gasteiger partial charge in [-0.25, -0.2) is 9.97 Å². The SMILES string of the molecule is Nc1ncc2c(n1)CN(C(=O)c1cc(Br)ccc1Cl)C2. The number of rotatable bonds is 1. The van der Waals surface area contributed by atoms with E-state index in [0.717, 1.165) is 15.7 Å². The highest BCUT2D eigenvalue weighted by atomic mass is 79.9. The second-order valence-corrected chi connectivity index (χ2v) is 5.81. The molecule has 0 atom stereocenters. The van der Waals surface area contributed by atoms with Crippen LogP contribution >= 0.6 is 27.5 Å². The van der Waals surface area contributed by atoms with Gasteiger partial charge >= 0.3 is 0 Å². The van der Waals surface area contributed by atoms with Crippen LogP contribution in [0.2, 0.25) is 5.02 Å². The van der Waals surface area contributed by atoms with Crippen LogP contribution in [0.4, 0.5) is 5.95 Å². The van der Waals surface area contributed by atoms with Crippen molar-refractivity contribution in [1.29, 1.82) is 0 Å². The summed E-state index contributed by atoms with van der Waals surface area (Å²) in [7, 11) is 0. The molecule has 2 N–H and O–H groups in total. The Morgan fingerprint density at radius 2 is 2.20 bits per heavy atom. The van der Waals surface area contributed by atoms with Crippen LogP contribution in [0.25, 0.3) is 0 Å². The Morgan fingerprint density at radius 3 is 3.00 bits per heavy atom. The summed E-state index contributed by atoms with van der Waals surface area (Å²) in [4.78, 5) is 22.3. The van der Waals surface area contributed by atoms with E-state index in [4.69, 9.17) is 17.3 Å². The molecule has 1 aliphatic heterocycles. The van der Waals surface area contributed by atoms with Gasteiger partial charge in [0.15, 0.2) is 0 Å². The Kier molecular flexibility index (Phi) is 3.35. The second kappa shape index (κ2) is 5.03. The summed E-state index contributed by atoms with van der Waals surface area (Å²) in [5, 5.41) is 0.430. The first-order valence-corrected chi connectivity index (χ1v) is 7.06.